The van der Waals surface area contributed by atoms with Crippen LogP contribution in [0.1, 0.15) is 23.1 Å². The maximum Gasteiger partial charge on any atom is 0.264 e. The molecular formula is C15H22N2O3S. The Morgan fingerprint density at radius 1 is 1.14 bits per heavy atom. The van der Waals surface area contributed by atoms with E-state index in [9.17, 15) is 8.42 Å². The Morgan fingerprint density at radius 3 is 2.33 bits per heavy atom. The van der Waals surface area contributed by atoms with Crippen molar-refractivity contribution in [1.82, 2.24) is 4.90 Å². The van der Waals surface area contributed by atoms with Gasteiger partial charge in [-0.25, -0.2) is 0 Å². The van der Waals surface area contributed by atoms with Crippen molar-refractivity contribution in [3.05, 3.63) is 41.2 Å². The van der Waals surface area contributed by atoms with E-state index >= 15 is 0 Å². The zero-order valence-corrected chi connectivity index (χ0v) is 13.5. The quantitative estimate of drug-likeness (QED) is 0.847. The highest BCUT2D eigenvalue weighted by atomic mass is 32.2. The molecule has 1 aromatic carbocycles. The van der Waals surface area contributed by atoms with E-state index in [1.54, 1.807) is 0 Å². The molecule has 1 N–H and O–H groups in total. The molecular weight excluding hydrogens is 288 g/mol. The molecule has 1 aromatic rings. The van der Waals surface area contributed by atoms with Gasteiger partial charge >= 0.3 is 0 Å². The lowest BCUT2D eigenvalue weighted by molar-refractivity contribution is 0.401. The predicted octanol–water partition coefficient (Wildman–Crippen LogP) is 2.44. The van der Waals surface area contributed by atoms with Gasteiger partial charge in [0.25, 0.3) is 10.1 Å². The Hall–Kier alpha value is -1.53. The third-order valence-electron chi connectivity index (χ3n) is 3.56. The molecule has 0 unspecified atom stereocenters. The summed E-state index contributed by atoms with van der Waals surface area (Å²) in [4.78, 5) is 4.21. The number of benzene rings is 1. The Morgan fingerprint density at radius 2 is 1.76 bits per heavy atom. The Labute approximate surface area is 126 Å². The van der Waals surface area contributed by atoms with Crippen molar-refractivity contribution >= 4 is 15.8 Å². The van der Waals surface area contributed by atoms with Crippen LogP contribution in [-0.2, 0) is 10.1 Å². The number of nitrogens with zero attached hydrogens (tertiary/aromatic N) is 2. The van der Waals surface area contributed by atoms with Crippen LogP contribution >= 0.6 is 0 Å². The third-order valence-corrected chi connectivity index (χ3v) is 4.37. The van der Waals surface area contributed by atoms with Crippen LogP contribution in [0.3, 0.4) is 0 Å². The molecule has 0 saturated heterocycles. The van der Waals surface area contributed by atoms with Gasteiger partial charge in [0.05, 0.1) is 12.4 Å². The first-order valence-electron chi connectivity index (χ1n) is 6.98. The Bertz CT molecular complexity index is 630. The van der Waals surface area contributed by atoms with Gasteiger partial charge in [-0.15, -0.1) is 0 Å². The van der Waals surface area contributed by atoms with Gasteiger partial charge in [0, 0.05) is 24.6 Å². The molecule has 1 aliphatic rings. The van der Waals surface area contributed by atoms with Crippen molar-refractivity contribution in [1.29, 1.82) is 0 Å². The fourth-order valence-electron chi connectivity index (χ4n) is 2.83. The molecule has 0 atom stereocenters. The molecule has 0 bridgehead atoms. The van der Waals surface area contributed by atoms with Gasteiger partial charge in [-0.1, -0.05) is 17.7 Å². The molecule has 0 amide bonds. The van der Waals surface area contributed by atoms with Crippen LogP contribution in [0.5, 0.6) is 0 Å². The Balaban J connectivity index is 1.99. The second-order valence-corrected chi connectivity index (χ2v) is 7.18. The van der Waals surface area contributed by atoms with Crippen LogP contribution in [0, 0.1) is 20.8 Å². The highest BCUT2D eigenvalue weighted by Gasteiger charge is 2.17. The van der Waals surface area contributed by atoms with Crippen LogP contribution in [0.25, 0.3) is 0 Å². The van der Waals surface area contributed by atoms with Gasteiger partial charge in [-0.3, -0.25) is 4.55 Å². The minimum absolute atomic E-state index is 0.195. The van der Waals surface area contributed by atoms with E-state index in [-0.39, 0.29) is 5.75 Å². The molecule has 0 radical (unpaired) electrons. The predicted molar refractivity (Wildman–Crippen MR) is 84.9 cm³/mol. The van der Waals surface area contributed by atoms with E-state index < -0.39 is 10.1 Å². The number of anilines is 1. The topological polar surface area (TPSA) is 60.9 Å². The van der Waals surface area contributed by atoms with E-state index in [0.717, 1.165) is 0 Å². The highest BCUT2D eigenvalue weighted by molar-refractivity contribution is 7.85. The van der Waals surface area contributed by atoms with E-state index in [1.165, 1.54) is 22.4 Å². The highest BCUT2D eigenvalue weighted by Crippen LogP contribution is 2.28. The fraction of sp³-hybridized carbons (Fsp3) is 0.467. The number of hydrogen-bond donors (Lipinski definition) is 1. The smallest absolute Gasteiger partial charge is 0.264 e. The van der Waals surface area contributed by atoms with Gasteiger partial charge in [0.15, 0.2) is 0 Å². The van der Waals surface area contributed by atoms with Gasteiger partial charge in [0.2, 0.25) is 0 Å². The first-order chi connectivity index (χ1) is 9.76. The van der Waals surface area contributed by atoms with Crippen molar-refractivity contribution in [2.45, 2.75) is 27.2 Å². The van der Waals surface area contributed by atoms with Gasteiger partial charge in [-0.2, -0.15) is 8.42 Å². The molecule has 0 aliphatic carbocycles. The minimum atomic E-state index is -3.86. The van der Waals surface area contributed by atoms with E-state index in [4.69, 9.17) is 4.55 Å². The number of hydrogen-bond acceptors (Lipinski definition) is 4. The van der Waals surface area contributed by atoms with Crippen molar-refractivity contribution in [2.24, 2.45) is 0 Å². The molecule has 1 heterocycles. The van der Waals surface area contributed by atoms with E-state index in [0.29, 0.717) is 19.6 Å². The minimum Gasteiger partial charge on any atom is -0.358 e. The van der Waals surface area contributed by atoms with Crippen LogP contribution < -0.4 is 4.90 Å². The average Bonchev–Trinajstić information content (AvgIpc) is 2.74. The summed E-state index contributed by atoms with van der Waals surface area (Å²) in [5.41, 5.74) is 4.92. The van der Waals surface area contributed by atoms with Gasteiger partial charge in [0.1, 0.15) is 0 Å². The van der Waals surface area contributed by atoms with Crippen LogP contribution in [-0.4, -0.2) is 36.8 Å². The maximum atomic E-state index is 10.7. The van der Waals surface area contributed by atoms with Crippen LogP contribution in [0.4, 0.5) is 5.69 Å². The Kier molecular flexibility index (Phi) is 4.58. The van der Waals surface area contributed by atoms with Gasteiger partial charge < -0.3 is 9.80 Å². The summed E-state index contributed by atoms with van der Waals surface area (Å²) in [6, 6.07) is 4.33. The average molecular weight is 310 g/mol. The fourth-order valence-corrected chi connectivity index (χ4v) is 3.32. The first kappa shape index (κ1) is 15.9. The molecule has 0 spiro atoms. The van der Waals surface area contributed by atoms with Crippen molar-refractivity contribution in [3.8, 4) is 0 Å². The summed E-state index contributed by atoms with van der Waals surface area (Å²) in [7, 11) is -3.86. The molecule has 0 aromatic heterocycles. The van der Waals surface area contributed by atoms with E-state index in [2.05, 4.69) is 37.8 Å². The summed E-state index contributed by atoms with van der Waals surface area (Å²) in [5, 5.41) is 0. The molecule has 21 heavy (non-hydrogen) atoms. The lowest BCUT2D eigenvalue weighted by Crippen LogP contribution is -2.27. The zero-order valence-electron chi connectivity index (χ0n) is 12.7. The van der Waals surface area contributed by atoms with E-state index in [1.807, 2.05) is 17.3 Å². The second kappa shape index (κ2) is 6.07. The molecule has 0 saturated carbocycles. The summed E-state index contributed by atoms with van der Waals surface area (Å²) in [5.74, 6) is -0.195. The summed E-state index contributed by atoms with van der Waals surface area (Å²) < 4.78 is 30.2. The molecule has 2 rings (SSSR count). The largest absolute Gasteiger partial charge is 0.358 e. The number of rotatable bonds is 5. The molecule has 1 aliphatic heterocycles. The number of aryl methyl sites for hydroxylation is 3. The molecule has 6 heteroatoms. The summed E-state index contributed by atoms with van der Waals surface area (Å²) in [6.07, 6.45) is 4.39. The lowest BCUT2D eigenvalue weighted by Gasteiger charge is -2.24. The second-order valence-electron chi connectivity index (χ2n) is 5.61. The van der Waals surface area contributed by atoms with Crippen LogP contribution in [0.15, 0.2) is 24.5 Å². The molecule has 0 fully saturated rings. The summed E-state index contributed by atoms with van der Waals surface area (Å²) in [6.45, 7) is 7.60. The molecule has 116 valence electrons. The lowest BCUT2D eigenvalue weighted by atomic mass is 10.0. The van der Waals surface area contributed by atoms with Crippen molar-refractivity contribution < 1.29 is 13.0 Å². The van der Waals surface area contributed by atoms with Crippen molar-refractivity contribution in [3.63, 3.8) is 0 Å². The zero-order chi connectivity index (χ0) is 15.6. The third kappa shape index (κ3) is 4.22. The monoisotopic (exact) mass is 310 g/mol. The van der Waals surface area contributed by atoms with Crippen LogP contribution in [0.2, 0.25) is 0 Å². The molecule has 5 nitrogen and oxygen atoms in total. The normalized spacial score (nSPS) is 15.0. The van der Waals surface area contributed by atoms with Crippen molar-refractivity contribution in [2.75, 3.05) is 23.9 Å². The SMILES string of the molecule is Cc1cc(C)c(N2C=CN(CCCS(=O)(=O)O)C2)c(C)c1. The van der Waals surface area contributed by atoms with Gasteiger partial charge in [-0.05, 0) is 38.3 Å². The standard InChI is InChI=1S/C15H22N2O3S/c1-12-9-13(2)15(14(3)10-12)17-7-6-16(11-17)5-4-8-21(18,19)20/h6-7,9-10H,4-5,8,11H2,1-3H3,(H,18,19,20). The summed E-state index contributed by atoms with van der Waals surface area (Å²) >= 11 is 0. The maximum absolute atomic E-state index is 10.7. The first-order valence-corrected chi connectivity index (χ1v) is 8.59.